The van der Waals surface area contributed by atoms with Crippen LogP contribution in [0.4, 0.5) is 5.69 Å². The highest BCUT2D eigenvalue weighted by atomic mass is 16.5. The van der Waals surface area contributed by atoms with Crippen LogP contribution in [0.3, 0.4) is 0 Å². The third-order valence-electron chi connectivity index (χ3n) is 4.51. The van der Waals surface area contributed by atoms with E-state index in [1.54, 1.807) is 0 Å². The first-order valence-electron chi connectivity index (χ1n) is 7.30. The summed E-state index contributed by atoms with van der Waals surface area (Å²) >= 11 is 0. The van der Waals surface area contributed by atoms with Gasteiger partial charge in [-0.05, 0) is 62.3 Å². The molecule has 3 atom stereocenters. The van der Waals surface area contributed by atoms with Crippen LogP contribution in [0.25, 0.3) is 0 Å². The maximum absolute atomic E-state index is 12.3. The number of hydrogen-bond donors (Lipinski definition) is 1. The molecule has 102 valence electrons. The van der Waals surface area contributed by atoms with E-state index in [2.05, 4.69) is 5.32 Å². The number of hydrogen-bond acceptors (Lipinski definition) is 2. The molecule has 2 aliphatic rings. The molecule has 2 fully saturated rings. The molecule has 3 rings (SSSR count). The molecule has 0 aliphatic heterocycles. The Morgan fingerprint density at radius 3 is 2.63 bits per heavy atom. The molecule has 1 amide bonds. The number of carbonyl (C=O) groups excluding carboxylic acids is 1. The van der Waals surface area contributed by atoms with Gasteiger partial charge in [-0.1, -0.05) is 6.42 Å². The first-order valence-corrected chi connectivity index (χ1v) is 7.30. The Kier molecular flexibility index (Phi) is 3.45. The van der Waals surface area contributed by atoms with Gasteiger partial charge in [0.2, 0.25) is 5.91 Å². The Morgan fingerprint density at radius 1 is 1.26 bits per heavy atom. The van der Waals surface area contributed by atoms with Crippen molar-refractivity contribution >= 4 is 11.6 Å². The zero-order valence-corrected chi connectivity index (χ0v) is 11.4. The maximum atomic E-state index is 12.3. The molecule has 3 nitrogen and oxygen atoms in total. The quantitative estimate of drug-likeness (QED) is 0.899. The normalized spacial score (nSPS) is 28.4. The maximum Gasteiger partial charge on any atom is 0.227 e. The number of rotatable bonds is 4. The Balaban J connectivity index is 1.60. The molecule has 3 heteroatoms. The lowest BCUT2D eigenvalue weighted by molar-refractivity contribution is -0.121. The van der Waals surface area contributed by atoms with Crippen molar-refractivity contribution in [2.45, 2.75) is 32.6 Å². The molecule has 2 saturated carbocycles. The average molecular weight is 259 g/mol. The molecule has 0 saturated heterocycles. The molecule has 19 heavy (non-hydrogen) atoms. The third kappa shape index (κ3) is 2.60. The molecule has 0 unspecified atom stereocenters. The predicted molar refractivity (Wildman–Crippen MR) is 75.2 cm³/mol. The molecular weight excluding hydrogens is 238 g/mol. The van der Waals surface area contributed by atoms with Crippen LogP contribution >= 0.6 is 0 Å². The average Bonchev–Trinajstić information content (AvgIpc) is 3.04. The van der Waals surface area contributed by atoms with E-state index >= 15 is 0 Å². The lowest BCUT2D eigenvalue weighted by Crippen LogP contribution is -2.27. The molecule has 2 aliphatic carbocycles. The summed E-state index contributed by atoms with van der Waals surface area (Å²) < 4.78 is 5.39. The molecule has 0 radical (unpaired) electrons. The van der Waals surface area contributed by atoms with Gasteiger partial charge in [-0.25, -0.2) is 0 Å². The van der Waals surface area contributed by atoms with Crippen molar-refractivity contribution in [2.75, 3.05) is 11.9 Å². The van der Waals surface area contributed by atoms with E-state index in [1.807, 2.05) is 31.2 Å². The molecule has 1 aromatic carbocycles. The monoisotopic (exact) mass is 259 g/mol. The second-order valence-corrected chi connectivity index (χ2v) is 5.73. The molecule has 1 aromatic rings. The number of carbonyl (C=O) groups is 1. The van der Waals surface area contributed by atoms with Gasteiger partial charge in [0, 0.05) is 11.6 Å². The standard InChI is InChI=1S/C16H21NO2/c1-2-19-14-7-5-13(6-8-14)17-16(18)15-10-11-3-4-12(15)9-11/h5-8,11-12,15H,2-4,9-10H2,1H3,(H,17,18)/t11-,12+,15-/m0/s1. The minimum Gasteiger partial charge on any atom is -0.494 e. The summed E-state index contributed by atoms with van der Waals surface area (Å²) in [6, 6.07) is 7.63. The van der Waals surface area contributed by atoms with Crippen molar-refractivity contribution in [1.82, 2.24) is 0 Å². The van der Waals surface area contributed by atoms with Crippen molar-refractivity contribution in [3.8, 4) is 5.75 Å². The number of benzene rings is 1. The third-order valence-corrected chi connectivity index (χ3v) is 4.51. The topological polar surface area (TPSA) is 38.3 Å². The van der Waals surface area contributed by atoms with Gasteiger partial charge in [0.25, 0.3) is 0 Å². The Labute approximate surface area is 114 Å². The van der Waals surface area contributed by atoms with Crippen LogP contribution in [0.15, 0.2) is 24.3 Å². The summed E-state index contributed by atoms with van der Waals surface area (Å²) in [5, 5.41) is 3.04. The van der Waals surface area contributed by atoms with Gasteiger partial charge >= 0.3 is 0 Å². The Hall–Kier alpha value is -1.51. The van der Waals surface area contributed by atoms with Crippen molar-refractivity contribution < 1.29 is 9.53 Å². The SMILES string of the molecule is CCOc1ccc(NC(=O)[C@H]2C[C@H]3CC[C@@H]2C3)cc1. The van der Waals surface area contributed by atoms with E-state index < -0.39 is 0 Å². The van der Waals surface area contributed by atoms with Crippen LogP contribution in [0.5, 0.6) is 5.75 Å². The van der Waals surface area contributed by atoms with Gasteiger partial charge < -0.3 is 10.1 Å². The van der Waals surface area contributed by atoms with Gasteiger partial charge in [-0.15, -0.1) is 0 Å². The van der Waals surface area contributed by atoms with Crippen LogP contribution < -0.4 is 10.1 Å². The van der Waals surface area contributed by atoms with E-state index in [0.717, 1.165) is 23.8 Å². The minimum atomic E-state index is 0.205. The molecule has 2 bridgehead atoms. The number of amides is 1. The van der Waals surface area contributed by atoms with Crippen molar-refractivity contribution in [1.29, 1.82) is 0 Å². The van der Waals surface area contributed by atoms with Crippen molar-refractivity contribution in [2.24, 2.45) is 17.8 Å². The van der Waals surface area contributed by atoms with Gasteiger partial charge in [0.05, 0.1) is 6.61 Å². The van der Waals surface area contributed by atoms with Crippen LogP contribution in [-0.2, 0) is 4.79 Å². The van der Waals surface area contributed by atoms with E-state index in [4.69, 9.17) is 4.74 Å². The Bertz CT molecular complexity index is 454. The highest BCUT2D eigenvalue weighted by Crippen LogP contribution is 2.48. The smallest absolute Gasteiger partial charge is 0.227 e. The van der Waals surface area contributed by atoms with Gasteiger partial charge in [0.1, 0.15) is 5.75 Å². The first-order chi connectivity index (χ1) is 9.26. The number of nitrogens with one attached hydrogen (secondary N) is 1. The van der Waals surface area contributed by atoms with Crippen molar-refractivity contribution in [3.63, 3.8) is 0 Å². The van der Waals surface area contributed by atoms with E-state index in [9.17, 15) is 4.79 Å². The molecular formula is C16H21NO2. The highest BCUT2D eigenvalue weighted by molar-refractivity contribution is 5.93. The van der Waals surface area contributed by atoms with E-state index in [-0.39, 0.29) is 11.8 Å². The summed E-state index contributed by atoms with van der Waals surface area (Å²) in [7, 11) is 0. The lowest BCUT2D eigenvalue weighted by Gasteiger charge is -2.20. The summed E-state index contributed by atoms with van der Waals surface area (Å²) in [4.78, 5) is 12.3. The van der Waals surface area contributed by atoms with Crippen molar-refractivity contribution in [3.05, 3.63) is 24.3 Å². The summed E-state index contributed by atoms with van der Waals surface area (Å²) in [5.41, 5.74) is 0.872. The fourth-order valence-corrected chi connectivity index (χ4v) is 3.60. The predicted octanol–water partition coefficient (Wildman–Crippen LogP) is 3.46. The van der Waals surface area contributed by atoms with Crippen LogP contribution in [0.1, 0.15) is 32.6 Å². The summed E-state index contributed by atoms with van der Waals surface area (Å²) in [6.45, 7) is 2.63. The largest absolute Gasteiger partial charge is 0.494 e. The zero-order valence-electron chi connectivity index (χ0n) is 11.4. The lowest BCUT2D eigenvalue weighted by atomic mass is 9.88. The fraction of sp³-hybridized carbons (Fsp3) is 0.562. The van der Waals surface area contributed by atoms with Crippen LogP contribution in [0.2, 0.25) is 0 Å². The number of anilines is 1. The van der Waals surface area contributed by atoms with Gasteiger partial charge in [-0.2, -0.15) is 0 Å². The first kappa shape index (κ1) is 12.5. The molecule has 0 heterocycles. The van der Waals surface area contributed by atoms with Crippen LogP contribution in [-0.4, -0.2) is 12.5 Å². The number of ether oxygens (including phenoxy) is 1. The van der Waals surface area contributed by atoms with Gasteiger partial charge in [0.15, 0.2) is 0 Å². The highest BCUT2D eigenvalue weighted by Gasteiger charge is 2.42. The van der Waals surface area contributed by atoms with Gasteiger partial charge in [-0.3, -0.25) is 4.79 Å². The Morgan fingerprint density at radius 2 is 2.05 bits per heavy atom. The summed E-state index contributed by atoms with van der Waals surface area (Å²) in [6.07, 6.45) is 4.93. The van der Waals surface area contributed by atoms with Crippen LogP contribution in [0, 0.1) is 17.8 Å². The second kappa shape index (κ2) is 5.24. The second-order valence-electron chi connectivity index (χ2n) is 5.73. The number of fused-ring (bicyclic) bond motifs is 2. The molecule has 0 spiro atoms. The summed E-state index contributed by atoms with van der Waals surface area (Å²) in [5.74, 6) is 2.73. The zero-order chi connectivity index (χ0) is 13.2. The molecule has 0 aromatic heterocycles. The van der Waals surface area contributed by atoms with E-state index in [1.165, 1.54) is 19.3 Å². The fourth-order valence-electron chi connectivity index (χ4n) is 3.60. The minimum absolute atomic E-state index is 0.205. The molecule has 1 N–H and O–H groups in total. The van der Waals surface area contributed by atoms with E-state index in [0.29, 0.717) is 12.5 Å².